The number of carbonyl (C=O) groups is 1. The van der Waals surface area contributed by atoms with Gasteiger partial charge in [0.05, 0.1) is 12.0 Å². The van der Waals surface area contributed by atoms with Gasteiger partial charge in [0.1, 0.15) is 5.52 Å². The molecule has 7 heteroatoms. The van der Waals surface area contributed by atoms with E-state index >= 15 is 0 Å². The van der Waals surface area contributed by atoms with Crippen molar-refractivity contribution in [3.63, 3.8) is 0 Å². The minimum Gasteiger partial charge on any atom is -0.490 e. The molecule has 29 heavy (non-hydrogen) atoms. The number of aromatic nitrogens is 1. The van der Waals surface area contributed by atoms with Crippen molar-refractivity contribution in [2.24, 2.45) is 0 Å². The van der Waals surface area contributed by atoms with Gasteiger partial charge in [-0.15, -0.1) is 0 Å². The second-order valence-electron chi connectivity index (χ2n) is 6.48. The molecule has 0 N–H and O–H groups in total. The molecule has 1 aromatic heterocycles. The predicted molar refractivity (Wildman–Crippen MR) is 108 cm³/mol. The topological polar surface area (TPSA) is 95.5 Å². The maximum absolute atomic E-state index is 11.6. The number of hydrogen-bond acceptors (Lipinski definition) is 6. The van der Waals surface area contributed by atoms with E-state index in [4.69, 9.17) is 9.15 Å². The minimum atomic E-state index is -0.509. The number of ether oxygens (including phenoxy) is 1. The predicted octanol–water partition coefficient (Wildman–Crippen LogP) is 5.28. The lowest BCUT2D eigenvalue weighted by Crippen LogP contribution is -1.94. The highest BCUT2D eigenvalue weighted by Crippen LogP contribution is 2.34. The molecular weight excluding hydrogens is 372 g/mol. The molecule has 0 unspecified atom stereocenters. The number of ketones is 1. The molecule has 1 heterocycles. The molecule has 4 aromatic rings. The number of nitrogens with zero attached hydrogens (tertiary/aromatic N) is 2. The Bertz CT molecular complexity index is 1260. The highest BCUT2D eigenvalue weighted by atomic mass is 16.6. The van der Waals surface area contributed by atoms with Crippen molar-refractivity contribution in [3.05, 3.63) is 76.3 Å². The highest BCUT2D eigenvalue weighted by molar-refractivity contribution is 5.95. The zero-order chi connectivity index (χ0) is 20.5. The fraction of sp³-hybridized carbons (Fsp3) is 0.0909. The first-order chi connectivity index (χ1) is 14.0. The van der Waals surface area contributed by atoms with Gasteiger partial charge >= 0.3 is 5.69 Å². The van der Waals surface area contributed by atoms with Gasteiger partial charge in [0.2, 0.25) is 5.89 Å². The van der Waals surface area contributed by atoms with Crippen LogP contribution in [0.25, 0.3) is 33.7 Å². The largest absolute Gasteiger partial charge is 0.490 e. The summed E-state index contributed by atoms with van der Waals surface area (Å²) in [5.41, 5.74) is 3.91. The molecule has 0 saturated heterocycles. The van der Waals surface area contributed by atoms with E-state index in [1.807, 2.05) is 30.3 Å². The molecule has 0 saturated carbocycles. The quantitative estimate of drug-likeness (QED) is 0.262. The number of rotatable bonds is 5. The standard InChI is InChI=1S/C22H16N2O5/c1-13(25)14-4-3-5-15(10-14)16-6-8-20-18(11-16)23-22(29-20)17-7-9-21(28-2)19(12-17)24(26)27/h3-12H,1-2H3. The van der Waals surface area contributed by atoms with Crippen LogP contribution in [0.4, 0.5) is 5.69 Å². The Balaban J connectivity index is 1.76. The van der Waals surface area contributed by atoms with E-state index in [2.05, 4.69) is 4.98 Å². The van der Waals surface area contributed by atoms with Gasteiger partial charge in [-0.2, -0.15) is 0 Å². The van der Waals surface area contributed by atoms with Gasteiger partial charge in [0, 0.05) is 17.2 Å². The van der Waals surface area contributed by atoms with Crippen LogP contribution in [0.15, 0.2) is 65.1 Å². The average Bonchev–Trinajstić information content (AvgIpc) is 3.16. The van der Waals surface area contributed by atoms with Gasteiger partial charge < -0.3 is 9.15 Å². The fourth-order valence-electron chi connectivity index (χ4n) is 3.11. The monoisotopic (exact) mass is 388 g/mol. The Kier molecular flexibility index (Phi) is 4.56. The van der Waals surface area contributed by atoms with Crippen molar-refractivity contribution in [2.45, 2.75) is 6.92 Å². The van der Waals surface area contributed by atoms with Crippen LogP contribution in [0, 0.1) is 10.1 Å². The lowest BCUT2D eigenvalue weighted by atomic mass is 10.0. The first-order valence-electron chi connectivity index (χ1n) is 8.81. The number of fused-ring (bicyclic) bond motifs is 1. The van der Waals surface area contributed by atoms with Gasteiger partial charge in [-0.1, -0.05) is 24.3 Å². The van der Waals surface area contributed by atoms with E-state index < -0.39 is 4.92 Å². The van der Waals surface area contributed by atoms with Crippen LogP contribution in [0.1, 0.15) is 17.3 Å². The number of methoxy groups -OCH3 is 1. The first-order valence-corrected chi connectivity index (χ1v) is 8.81. The number of nitro benzene ring substituents is 1. The third-order valence-electron chi connectivity index (χ3n) is 4.61. The normalized spacial score (nSPS) is 10.8. The zero-order valence-corrected chi connectivity index (χ0v) is 15.7. The summed E-state index contributed by atoms with van der Waals surface area (Å²) in [5, 5.41) is 11.3. The van der Waals surface area contributed by atoms with Crippen molar-refractivity contribution in [1.82, 2.24) is 4.98 Å². The van der Waals surface area contributed by atoms with Crippen LogP contribution in [-0.4, -0.2) is 22.8 Å². The van der Waals surface area contributed by atoms with Crippen molar-refractivity contribution in [2.75, 3.05) is 7.11 Å². The van der Waals surface area contributed by atoms with Crippen molar-refractivity contribution >= 4 is 22.6 Å². The minimum absolute atomic E-state index is 0.00208. The molecule has 0 amide bonds. The van der Waals surface area contributed by atoms with Gasteiger partial charge in [0.15, 0.2) is 17.1 Å². The molecule has 0 spiro atoms. The number of oxazole rings is 1. The summed E-state index contributed by atoms with van der Waals surface area (Å²) in [4.78, 5) is 26.9. The Labute approximate surface area is 165 Å². The van der Waals surface area contributed by atoms with Crippen molar-refractivity contribution in [1.29, 1.82) is 0 Å². The SMILES string of the molecule is COc1ccc(-c2nc3cc(-c4cccc(C(C)=O)c4)ccc3o2)cc1[N+](=O)[O-]. The Morgan fingerprint density at radius 1 is 1.03 bits per heavy atom. The van der Waals surface area contributed by atoms with Crippen LogP contribution in [0.2, 0.25) is 0 Å². The second kappa shape index (κ2) is 7.20. The summed E-state index contributed by atoms with van der Waals surface area (Å²) in [6, 6.07) is 17.4. The highest BCUT2D eigenvalue weighted by Gasteiger charge is 2.18. The number of hydrogen-bond donors (Lipinski definition) is 0. The third kappa shape index (κ3) is 3.45. The number of nitro groups is 1. The van der Waals surface area contributed by atoms with Crippen LogP contribution in [0.3, 0.4) is 0 Å². The van der Waals surface area contributed by atoms with Crippen LogP contribution in [0.5, 0.6) is 5.75 Å². The molecule has 0 aliphatic carbocycles. The fourth-order valence-corrected chi connectivity index (χ4v) is 3.11. The molecule has 7 nitrogen and oxygen atoms in total. The molecule has 0 aliphatic heterocycles. The van der Waals surface area contributed by atoms with Crippen LogP contribution < -0.4 is 4.74 Å². The summed E-state index contributed by atoms with van der Waals surface area (Å²) in [6.45, 7) is 1.53. The Hall–Kier alpha value is -4.00. The van der Waals surface area contributed by atoms with Gasteiger partial charge in [-0.25, -0.2) is 4.98 Å². The molecule has 0 radical (unpaired) electrons. The Morgan fingerprint density at radius 2 is 1.79 bits per heavy atom. The average molecular weight is 388 g/mol. The Morgan fingerprint density at radius 3 is 2.52 bits per heavy atom. The summed E-state index contributed by atoms with van der Waals surface area (Å²) in [6.07, 6.45) is 0. The van der Waals surface area contributed by atoms with Crippen LogP contribution >= 0.6 is 0 Å². The first kappa shape index (κ1) is 18.4. The van der Waals surface area contributed by atoms with Crippen molar-refractivity contribution < 1.29 is 18.9 Å². The molecular formula is C22H16N2O5. The van der Waals surface area contributed by atoms with E-state index in [1.165, 1.54) is 26.2 Å². The number of benzene rings is 3. The van der Waals surface area contributed by atoms with Crippen molar-refractivity contribution in [3.8, 4) is 28.3 Å². The summed E-state index contributed by atoms with van der Waals surface area (Å²) in [7, 11) is 1.38. The van der Waals surface area contributed by atoms with E-state index in [9.17, 15) is 14.9 Å². The molecule has 0 fully saturated rings. The molecule has 0 atom stereocenters. The summed E-state index contributed by atoms with van der Waals surface area (Å²) >= 11 is 0. The maximum atomic E-state index is 11.6. The van der Waals surface area contributed by atoms with Gasteiger partial charge in [-0.3, -0.25) is 14.9 Å². The zero-order valence-electron chi connectivity index (χ0n) is 15.7. The second-order valence-corrected chi connectivity index (χ2v) is 6.48. The van der Waals surface area contributed by atoms with Crippen LogP contribution in [-0.2, 0) is 0 Å². The van der Waals surface area contributed by atoms with Gasteiger partial charge in [0.25, 0.3) is 0 Å². The maximum Gasteiger partial charge on any atom is 0.311 e. The third-order valence-corrected chi connectivity index (χ3v) is 4.61. The van der Waals surface area contributed by atoms with Gasteiger partial charge in [-0.05, 0) is 48.4 Å². The van der Waals surface area contributed by atoms with E-state index in [0.29, 0.717) is 22.2 Å². The van der Waals surface area contributed by atoms with E-state index in [0.717, 1.165) is 11.1 Å². The summed E-state index contributed by atoms with van der Waals surface area (Å²) < 4.78 is 10.8. The molecule has 0 aliphatic rings. The molecule has 3 aromatic carbocycles. The lowest BCUT2D eigenvalue weighted by molar-refractivity contribution is -0.385. The summed E-state index contributed by atoms with van der Waals surface area (Å²) in [5.74, 6) is 0.445. The molecule has 144 valence electrons. The lowest BCUT2D eigenvalue weighted by Gasteiger charge is -2.03. The van der Waals surface area contributed by atoms with E-state index in [-0.39, 0.29) is 23.1 Å². The number of carbonyl (C=O) groups excluding carboxylic acids is 1. The van der Waals surface area contributed by atoms with E-state index in [1.54, 1.807) is 18.2 Å². The number of Topliss-reactive ketones (excluding diaryl/α,β-unsaturated/α-hetero) is 1. The molecule has 0 bridgehead atoms. The smallest absolute Gasteiger partial charge is 0.311 e. The molecule has 4 rings (SSSR count).